The fraction of sp³-hybridized carbons (Fsp3) is 0.389. The van der Waals surface area contributed by atoms with Gasteiger partial charge in [0.1, 0.15) is 0 Å². The van der Waals surface area contributed by atoms with E-state index in [4.69, 9.17) is 5.11 Å². The smallest absolute Gasteiger partial charge is 0.305 e. The summed E-state index contributed by atoms with van der Waals surface area (Å²) in [7, 11) is 0. The molecule has 2 heterocycles. The fourth-order valence-electron chi connectivity index (χ4n) is 2.99. The number of carbonyl (C=O) groups excluding carboxylic acids is 1. The average molecular weight is 421 g/mol. The number of hydrogen-bond acceptors (Lipinski definition) is 4. The molecule has 3 rings (SSSR count). The van der Waals surface area contributed by atoms with E-state index in [2.05, 4.69) is 38.1 Å². The highest BCUT2D eigenvalue weighted by atomic mass is 79.9. The molecule has 1 fully saturated rings. The van der Waals surface area contributed by atoms with Crippen molar-refractivity contribution in [2.75, 3.05) is 26.2 Å². The van der Waals surface area contributed by atoms with Crippen molar-refractivity contribution in [3.8, 4) is 0 Å². The van der Waals surface area contributed by atoms with Gasteiger partial charge in [0.05, 0.1) is 24.7 Å². The number of carboxylic acid groups (broad SMARTS) is 1. The first-order chi connectivity index (χ1) is 12.5. The lowest BCUT2D eigenvalue weighted by Crippen LogP contribution is -2.48. The summed E-state index contributed by atoms with van der Waals surface area (Å²) in [6, 6.07) is 8.26. The van der Waals surface area contributed by atoms with Gasteiger partial charge in [-0.25, -0.2) is 0 Å². The lowest BCUT2D eigenvalue weighted by Gasteiger charge is -2.34. The highest BCUT2D eigenvalue weighted by Crippen LogP contribution is 2.15. The van der Waals surface area contributed by atoms with E-state index in [9.17, 15) is 9.59 Å². The molecule has 0 bridgehead atoms. The molecule has 7 nitrogen and oxygen atoms in total. The zero-order chi connectivity index (χ0) is 18.5. The van der Waals surface area contributed by atoms with Crippen LogP contribution in [0, 0.1) is 0 Å². The Morgan fingerprint density at radius 1 is 1.19 bits per heavy atom. The summed E-state index contributed by atoms with van der Waals surface area (Å²) < 4.78 is 2.58. The van der Waals surface area contributed by atoms with Crippen LogP contribution in [0.3, 0.4) is 0 Å². The minimum atomic E-state index is -0.880. The fourth-order valence-corrected chi connectivity index (χ4v) is 3.44. The minimum absolute atomic E-state index is 0.0103. The molecule has 0 radical (unpaired) electrons. The molecule has 1 aliphatic heterocycles. The van der Waals surface area contributed by atoms with Gasteiger partial charge in [-0.05, 0) is 17.7 Å². The number of hydrogen-bond donors (Lipinski definition) is 1. The van der Waals surface area contributed by atoms with Crippen molar-refractivity contribution < 1.29 is 14.7 Å². The number of carboxylic acids is 1. The number of aryl methyl sites for hydroxylation is 1. The SMILES string of the molecule is O=C(O)CCn1cc(C(=O)N2CCN(Cc3cccc(Br)c3)CC2)cn1. The summed E-state index contributed by atoms with van der Waals surface area (Å²) in [5.41, 5.74) is 1.76. The summed E-state index contributed by atoms with van der Waals surface area (Å²) in [6.07, 6.45) is 3.13. The Morgan fingerprint density at radius 3 is 2.65 bits per heavy atom. The predicted octanol–water partition coefficient (Wildman–Crippen LogP) is 2.08. The van der Waals surface area contributed by atoms with Crippen LogP contribution in [0.4, 0.5) is 0 Å². The summed E-state index contributed by atoms with van der Waals surface area (Å²) in [5, 5.41) is 12.8. The van der Waals surface area contributed by atoms with E-state index in [1.807, 2.05) is 17.0 Å². The standard InChI is InChI=1S/C18H21BrN4O3/c19-16-3-1-2-14(10-16)12-21-6-8-22(9-7-21)18(26)15-11-20-23(13-15)5-4-17(24)25/h1-3,10-11,13H,4-9,12H2,(H,24,25). The molecule has 8 heteroatoms. The number of amides is 1. The van der Waals surface area contributed by atoms with Crippen LogP contribution in [0.15, 0.2) is 41.1 Å². The van der Waals surface area contributed by atoms with Gasteiger partial charge in [0, 0.05) is 43.4 Å². The van der Waals surface area contributed by atoms with Crippen LogP contribution in [-0.4, -0.2) is 62.7 Å². The highest BCUT2D eigenvalue weighted by molar-refractivity contribution is 9.10. The molecule has 1 aromatic heterocycles. The topological polar surface area (TPSA) is 78.7 Å². The second kappa shape index (κ2) is 8.46. The van der Waals surface area contributed by atoms with E-state index in [1.54, 1.807) is 6.20 Å². The third-order valence-corrected chi connectivity index (χ3v) is 4.88. The van der Waals surface area contributed by atoms with Crippen LogP contribution < -0.4 is 0 Å². The summed E-state index contributed by atoms with van der Waals surface area (Å²) in [4.78, 5) is 27.4. The number of benzene rings is 1. The number of aromatic nitrogens is 2. The van der Waals surface area contributed by atoms with Gasteiger partial charge in [-0.3, -0.25) is 19.2 Å². The second-order valence-corrected chi connectivity index (χ2v) is 7.25. The Bertz CT molecular complexity index is 784. The largest absolute Gasteiger partial charge is 0.481 e. The highest BCUT2D eigenvalue weighted by Gasteiger charge is 2.23. The Balaban J connectivity index is 1.51. The molecule has 0 saturated carbocycles. The van der Waals surface area contributed by atoms with Gasteiger partial charge < -0.3 is 10.0 Å². The maximum Gasteiger partial charge on any atom is 0.305 e. The maximum absolute atomic E-state index is 12.6. The van der Waals surface area contributed by atoms with Crippen LogP contribution in [0.25, 0.3) is 0 Å². The molecule has 2 aromatic rings. The molecule has 0 atom stereocenters. The van der Waals surface area contributed by atoms with Gasteiger partial charge in [0.25, 0.3) is 5.91 Å². The molecule has 0 unspecified atom stereocenters. The van der Waals surface area contributed by atoms with Crippen LogP contribution in [0.1, 0.15) is 22.3 Å². The van der Waals surface area contributed by atoms with E-state index in [-0.39, 0.29) is 18.9 Å². The van der Waals surface area contributed by atoms with Gasteiger partial charge in [-0.1, -0.05) is 28.1 Å². The van der Waals surface area contributed by atoms with E-state index in [1.165, 1.54) is 16.4 Å². The van der Waals surface area contributed by atoms with Gasteiger partial charge >= 0.3 is 5.97 Å². The maximum atomic E-state index is 12.6. The third-order valence-electron chi connectivity index (χ3n) is 4.39. The molecule has 1 amide bonds. The third kappa shape index (κ3) is 4.92. The Hall–Kier alpha value is -2.19. The van der Waals surface area contributed by atoms with Gasteiger partial charge in [0.2, 0.25) is 0 Å². The van der Waals surface area contributed by atoms with Gasteiger partial charge in [-0.2, -0.15) is 5.10 Å². The normalized spacial score (nSPS) is 15.2. The van der Waals surface area contributed by atoms with E-state index >= 15 is 0 Å². The Morgan fingerprint density at radius 2 is 1.96 bits per heavy atom. The molecule has 138 valence electrons. The molecular weight excluding hydrogens is 400 g/mol. The molecule has 1 aliphatic rings. The van der Waals surface area contributed by atoms with E-state index in [0.717, 1.165) is 24.1 Å². The van der Waals surface area contributed by atoms with Crippen LogP contribution >= 0.6 is 15.9 Å². The summed E-state index contributed by atoms with van der Waals surface area (Å²) >= 11 is 3.49. The van der Waals surface area contributed by atoms with E-state index in [0.29, 0.717) is 18.7 Å². The number of rotatable bonds is 6. The van der Waals surface area contributed by atoms with Gasteiger partial charge in [0.15, 0.2) is 0 Å². The zero-order valence-electron chi connectivity index (χ0n) is 14.3. The van der Waals surface area contributed by atoms with Crippen molar-refractivity contribution >= 4 is 27.8 Å². The first kappa shape index (κ1) is 18.6. The Labute approximate surface area is 160 Å². The second-order valence-electron chi connectivity index (χ2n) is 6.33. The molecule has 1 saturated heterocycles. The van der Waals surface area contributed by atoms with Crippen molar-refractivity contribution in [3.05, 3.63) is 52.3 Å². The molecule has 1 aromatic carbocycles. The first-order valence-corrected chi connectivity index (χ1v) is 9.31. The van der Waals surface area contributed by atoms with Crippen molar-refractivity contribution in [2.45, 2.75) is 19.5 Å². The van der Waals surface area contributed by atoms with E-state index < -0.39 is 5.97 Å². The molecule has 0 spiro atoms. The quantitative estimate of drug-likeness (QED) is 0.773. The molecule has 26 heavy (non-hydrogen) atoms. The Kier molecular flexibility index (Phi) is 6.05. The number of halogens is 1. The first-order valence-electron chi connectivity index (χ1n) is 8.51. The minimum Gasteiger partial charge on any atom is -0.481 e. The summed E-state index contributed by atoms with van der Waals surface area (Å²) in [6.45, 7) is 4.13. The number of aliphatic carboxylic acids is 1. The number of nitrogens with zero attached hydrogens (tertiary/aromatic N) is 4. The lowest BCUT2D eigenvalue weighted by molar-refractivity contribution is -0.137. The number of carbonyl (C=O) groups is 2. The van der Waals surface area contributed by atoms with Crippen LogP contribution in [0.2, 0.25) is 0 Å². The van der Waals surface area contributed by atoms with Gasteiger partial charge in [-0.15, -0.1) is 0 Å². The lowest BCUT2D eigenvalue weighted by atomic mass is 10.2. The molecule has 0 aliphatic carbocycles. The summed E-state index contributed by atoms with van der Waals surface area (Å²) in [5.74, 6) is -0.927. The predicted molar refractivity (Wildman–Crippen MR) is 99.8 cm³/mol. The van der Waals surface area contributed by atoms with Crippen LogP contribution in [-0.2, 0) is 17.9 Å². The van der Waals surface area contributed by atoms with Crippen molar-refractivity contribution in [1.82, 2.24) is 19.6 Å². The van der Waals surface area contributed by atoms with Crippen molar-refractivity contribution in [2.24, 2.45) is 0 Å². The monoisotopic (exact) mass is 420 g/mol. The zero-order valence-corrected chi connectivity index (χ0v) is 15.9. The molecule has 1 N–H and O–H groups in total. The van der Waals surface area contributed by atoms with Crippen molar-refractivity contribution in [3.63, 3.8) is 0 Å². The van der Waals surface area contributed by atoms with Crippen LogP contribution in [0.5, 0.6) is 0 Å². The molecular formula is C18H21BrN4O3. The average Bonchev–Trinajstić information content (AvgIpc) is 3.09. The number of piperazine rings is 1. The van der Waals surface area contributed by atoms with Crippen molar-refractivity contribution in [1.29, 1.82) is 0 Å².